The number of hydrogen-bond donors (Lipinski definition) is 2. The van der Waals surface area contributed by atoms with Gasteiger partial charge in [0, 0.05) is 25.6 Å². The standard InChI is InChI=1S/C16H28N4/c1-5-6-14-19-15(17-4)10-16(20-14)18-13-8-7-11(2)12(3)9-13/h10-13H,5-9H2,1-4H3,(H2,17,18,19,20). The third-order valence-corrected chi connectivity index (χ3v) is 4.45. The lowest BCUT2D eigenvalue weighted by Crippen LogP contribution is -2.30. The Labute approximate surface area is 122 Å². The molecular weight excluding hydrogens is 248 g/mol. The van der Waals surface area contributed by atoms with Gasteiger partial charge in [0.25, 0.3) is 0 Å². The first kappa shape index (κ1) is 15.1. The lowest BCUT2D eigenvalue weighted by molar-refractivity contribution is 0.260. The summed E-state index contributed by atoms with van der Waals surface area (Å²) in [5.74, 6) is 4.45. The van der Waals surface area contributed by atoms with Crippen LogP contribution in [0.15, 0.2) is 6.07 Å². The van der Waals surface area contributed by atoms with Crippen molar-refractivity contribution >= 4 is 11.6 Å². The summed E-state index contributed by atoms with van der Waals surface area (Å²) in [4.78, 5) is 9.15. The zero-order chi connectivity index (χ0) is 14.5. The summed E-state index contributed by atoms with van der Waals surface area (Å²) in [6, 6.07) is 2.57. The Morgan fingerprint density at radius 3 is 2.55 bits per heavy atom. The van der Waals surface area contributed by atoms with Crippen molar-refractivity contribution in [2.75, 3.05) is 17.7 Å². The molecule has 4 heteroatoms. The van der Waals surface area contributed by atoms with Crippen molar-refractivity contribution in [3.05, 3.63) is 11.9 Å². The second-order valence-corrected chi connectivity index (χ2v) is 6.16. The van der Waals surface area contributed by atoms with E-state index in [4.69, 9.17) is 0 Å². The Morgan fingerprint density at radius 2 is 1.90 bits per heavy atom. The van der Waals surface area contributed by atoms with Crippen molar-refractivity contribution < 1.29 is 0 Å². The van der Waals surface area contributed by atoms with Crippen LogP contribution in [0.4, 0.5) is 11.6 Å². The quantitative estimate of drug-likeness (QED) is 0.861. The van der Waals surface area contributed by atoms with Gasteiger partial charge in [0.1, 0.15) is 17.5 Å². The van der Waals surface area contributed by atoms with Crippen LogP contribution in [0.1, 0.15) is 52.3 Å². The van der Waals surface area contributed by atoms with E-state index >= 15 is 0 Å². The molecule has 0 aromatic carbocycles. The molecule has 1 aromatic heterocycles. The molecule has 2 rings (SSSR count). The van der Waals surface area contributed by atoms with Crippen LogP contribution >= 0.6 is 0 Å². The molecule has 20 heavy (non-hydrogen) atoms. The molecule has 0 aliphatic heterocycles. The number of aryl methyl sites for hydroxylation is 1. The monoisotopic (exact) mass is 276 g/mol. The Bertz CT molecular complexity index is 432. The molecule has 0 saturated heterocycles. The van der Waals surface area contributed by atoms with Crippen molar-refractivity contribution in [3.63, 3.8) is 0 Å². The van der Waals surface area contributed by atoms with Crippen LogP contribution < -0.4 is 10.6 Å². The van der Waals surface area contributed by atoms with Crippen molar-refractivity contribution in [1.29, 1.82) is 0 Å². The maximum atomic E-state index is 4.65. The Balaban J connectivity index is 2.06. The third-order valence-electron chi connectivity index (χ3n) is 4.45. The fourth-order valence-corrected chi connectivity index (χ4v) is 2.92. The lowest BCUT2D eigenvalue weighted by Gasteiger charge is -2.32. The first-order valence-corrected chi connectivity index (χ1v) is 7.94. The molecule has 2 N–H and O–H groups in total. The van der Waals surface area contributed by atoms with E-state index < -0.39 is 0 Å². The fourth-order valence-electron chi connectivity index (χ4n) is 2.92. The van der Waals surface area contributed by atoms with E-state index in [0.29, 0.717) is 6.04 Å². The summed E-state index contributed by atoms with van der Waals surface area (Å²) in [5.41, 5.74) is 0. The summed E-state index contributed by atoms with van der Waals surface area (Å²) in [6.45, 7) is 6.89. The van der Waals surface area contributed by atoms with E-state index in [1.54, 1.807) is 0 Å². The smallest absolute Gasteiger partial charge is 0.133 e. The van der Waals surface area contributed by atoms with E-state index in [-0.39, 0.29) is 0 Å². The molecule has 112 valence electrons. The molecule has 0 radical (unpaired) electrons. The van der Waals surface area contributed by atoms with E-state index in [0.717, 1.165) is 42.1 Å². The first-order valence-electron chi connectivity index (χ1n) is 7.94. The number of nitrogens with zero attached hydrogens (tertiary/aromatic N) is 2. The maximum absolute atomic E-state index is 4.65. The van der Waals surface area contributed by atoms with Crippen LogP contribution in [0, 0.1) is 11.8 Å². The zero-order valence-corrected chi connectivity index (χ0v) is 13.2. The highest BCUT2D eigenvalue weighted by Crippen LogP contribution is 2.31. The van der Waals surface area contributed by atoms with Gasteiger partial charge >= 0.3 is 0 Å². The number of aromatic nitrogens is 2. The van der Waals surface area contributed by atoms with Crippen LogP contribution in [0.2, 0.25) is 0 Å². The average Bonchev–Trinajstić information content (AvgIpc) is 2.43. The van der Waals surface area contributed by atoms with Gasteiger partial charge in [-0.15, -0.1) is 0 Å². The second kappa shape index (κ2) is 6.91. The number of rotatable bonds is 5. The topological polar surface area (TPSA) is 49.8 Å². The van der Waals surface area contributed by atoms with Crippen LogP contribution in [-0.2, 0) is 6.42 Å². The van der Waals surface area contributed by atoms with Gasteiger partial charge in [-0.25, -0.2) is 9.97 Å². The molecule has 1 aliphatic carbocycles. The molecule has 3 atom stereocenters. The van der Waals surface area contributed by atoms with Gasteiger partial charge in [0.15, 0.2) is 0 Å². The predicted octanol–water partition coefficient (Wildman–Crippen LogP) is 3.71. The van der Waals surface area contributed by atoms with Gasteiger partial charge in [0.05, 0.1) is 0 Å². The molecule has 1 aromatic rings. The van der Waals surface area contributed by atoms with E-state index in [2.05, 4.69) is 41.4 Å². The van der Waals surface area contributed by atoms with E-state index in [1.807, 2.05) is 13.1 Å². The van der Waals surface area contributed by atoms with Crippen LogP contribution in [-0.4, -0.2) is 23.1 Å². The summed E-state index contributed by atoms with van der Waals surface area (Å²) < 4.78 is 0. The van der Waals surface area contributed by atoms with E-state index in [1.165, 1.54) is 19.3 Å². The third kappa shape index (κ3) is 3.84. The van der Waals surface area contributed by atoms with Crippen molar-refractivity contribution in [3.8, 4) is 0 Å². The van der Waals surface area contributed by atoms with E-state index in [9.17, 15) is 0 Å². The van der Waals surface area contributed by atoms with Gasteiger partial charge in [-0.2, -0.15) is 0 Å². The maximum Gasteiger partial charge on any atom is 0.133 e. The SMILES string of the molecule is CCCc1nc(NC)cc(NC2CCC(C)C(C)C2)n1. The van der Waals surface area contributed by atoms with Gasteiger partial charge in [-0.05, 0) is 37.5 Å². The zero-order valence-electron chi connectivity index (χ0n) is 13.2. The van der Waals surface area contributed by atoms with Crippen molar-refractivity contribution in [2.45, 2.75) is 58.9 Å². The predicted molar refractivity (Wildman–Crippen MR) is 85.2 cm³/mol. The van der Waals surface area contributed by atoms with Crippen LogP contribution in [0.5, 0.6) is 0 Å². The molecule has 1 aliphatic rings. The molecule has 3 unspecified atom stereocenters. The highest BCUT2D eigenvalue weighted by atomic mass is 15.1. The lowest BCUT2D eigenvalue weighted by atomic mass is 9.79. The number of nitrogens with one attached hydrogen (secondary N) is 2. The first-order chi connectivity index (χ1) is 9.62. The molecule has 1 heterocycles. The van der Waals surface area contributed by atoms with Crippen molar-refractivity contribution in [1.82, 2.24) is 9.97 Å². The minimum absolute atomic E-state index is 0.551. The number of hydrogen-bond acceptors (Lipinski definition) is 4. The highest BCUT2D eigenvalue weighted by molar-refractivity contribution is 5.47. The molecular formula is C16H28N4. The van der Waals surface area contributed by atoms with Gasteiger partial charge in [-0.3, -0.25) is 0 Å². The fraction of sp³-hybridized carbons (Fsp3) is 0.750. The molecule has 0 spiro atoms. The summed E-state index contributed by atoms with van der Waals surface area (Å²) in [6.07, 6.45) is 5.80. The average molecular weight is 276 g/mol. The Morgan fingerprint density at radius 1 is 1.15 bits per heavy atom. The van der Waals surface area contributed by atoms with Gasteiger partial charge in [0.2, 0.25) is 0 Å². The molecule has 4 nitrogen and oxygen atoms in total. The normalized spacial score (nSPS) is 26.3. The Kier molecular flexibility index (Phi) is 5.21. The minimum Gasteiger partial charge on any atom is -0.373 e. The van der Waals surface area contributed by atoms with Crippen LogP contribution in [0.3, 0.4) is 0 Å². The van der Waals surface area contributed by atoms with Crippen molar-refractivity contribution in [2.24, 2.45) is 11.8 Å². The van der Waals surface area contributed by atoms with Gasteiger partial charge in [-0.1, -0.05) is 20.8 Å². The summed E-state index contributed by atoms with van der Waals surface area (Å²) >= 11 is 0. The summed E-state index contributed by atoms with van der Waals surface area (Å²) in [5, 5.41) is 6.74. The van der Waals surface area contributed by atoms with Crippen LogP contribution in [0.25, 0.3) is 0 Å². The molecule has 1 fully saturated rings. The minimum atomic E-state index is 0.551. The van der Waals surface area contributed by atoms with Gasteiger partial charge < -0.3 is 10.6 Å². The molecule has 0 amide bonds. The Hall–Kier alpha value is -1.32. The number of anilines is 2. The summed E-state index contributed by atoms with van der Waals surface area (Å²) in [7, 11) is 1.91. The second-order valence-electron chi connectivity index (χ2n) is 6.16. The highest BCUT2D eigenvalue weighted by Gasteiger charge is 2.24. The molecule has 1 saturated carbocycles. The largest absolute Gasteiger partial charge is 0.373 e. The molecule has 0 bridgehead atoms.